The van der Waals surface area contributed by atoms with Crippen molar-refractivity contribution in [3.63, 3.8) is 0 Å². The van der Waals surface area contributed by atoms with Crippen LogP contribution in [0.4, 0.5) is 52.7 Å². The summed E-state index contributed by atoms with van der Waals surface area (Å²) in [6.07, 6.45) is -7.30. The first-order valence-corrected chi connectivity index (χ1v) is 36.9. The minimum atomic E-state index is -4.40. The van der Waals surface area contributed by atoms with Crippen molar-refractivity contribution in [3.8, 4) is 28.7 Å². The Morgan fingerprint density at radius 1 is 0.409 bits per heavy atom. The average Bonchev–Trinajstić information content (AvgIpc) is 0.814. The molecule has 0 aliphatic heterocycles. The Hall–Kier alpha value is -9.06. The quantitative estimate of drug-likeness (QED) is 0.0461. The number of rotatable bonds is 16. The van der Waals surface area contributed by atoms with Crippen molar-refractivity contribution in [2.45, 2.75) is 119 Å². The third kappa shape index (κ3) is 31.7. The molecule has 6 N–H and O–H groups in total. The number of aldehydes is 1. The van der Waals surface area contributed by atoms with Crippen molar-refractivity contribution in [1.82, 2.24) is 24.9 Å². The summed E-state index contributed by atoms with van der Waals surface area (Å²) in [6, 6.07) is 35.0. The van der Waals surface area contributed by atoms with E-state index < -0.39 is 102 Å². The van der Waals surface area contributed by atoms with Gasteiger partial charge in [-0.05, 0) is 200 Å². The Kier molecular flexibility index (Phi) is 37.6. The van der Waals surface area contributed by atoms with Gasteiger partial charge >= 0.3 is 24.7 Å². The van der Waals surface area contributed by atoms with Gasteiger partial charge in [-0.15, -0.1) is 0 Å². The molecule has 0 spiro atoms. The molecule has 0 radical (unpaired) electrons. The van der Waals surface area contributed by atoms with Gasteiger partial charge in [-0.1, -0.05) is 52.3 Å². The minimum absolute atomic E-state index is 0.238. The third-order valence-corrected chi connectivity index (χ3v) is 19.6. The van der Waals surface area contributed by atoms with Crippen LogP contribution in [0.1, 0.15) is 153 Å². The van der Waals surface area contributed by atoms with Gasteiger partial charge in [0.15, 0.2) is 6.29 Å². The van der Waals surface area contributed by atoms with Crippen molar-refractivity contribution in [2.75, 3.05) is 41.3 Å². The van der Waals surface area contributed by atoms with Crippen LogP contribution in [-0.2, 0) is 57.5 Å². The number of aromatic nitrogens is 5. The lowest BCUT2D eigenvalue weighted by Crippen LogP contribution is -2.27. The number of halogens is 13. The molecule has 0 bridgehead atoms. The van der Waals surface area contributed by atoms with E-state index in [-0.39, 0.29) is 15.2 Å². The third-order valence-electron chi connectivity index (χ3n) is 14.5. The van der Waals surface area contributed by atoms with E-state index in [1.54, 1.807) is 98.8 Å². The van der Waals surface area contributed by atoms with Crippen LogP contribution < -0.4 is 40.3 Å². The summed E-state index contributed by atoms with van der Waals surface area (Å²) in [4.78, 5) is 30.7. The number of carbonyl (C=O) groups excluding carboxylic acids is 1. The molecule has 110 heavy (non-hydrogen) atoms. The summed E-state index contributed by atoms with van der Waals surface area (Å²) in [5, 5.41) is 5.04. The molecule has 0 fully saturated rings. The molecule has 9 aromatic rings. The fraction of sp³-hybridized carbons (Fsp3) is 0.329. The van der Waals surface area contributed by atoms with E-state index in [2.05, 4.69) is 45.2 Å². The van der Waals surface area contributed by atoms with Crippen LogP contribution in [0.25, 0.3) is 0 Å². The van der Waals surface area contributed by atoms with Gasteiger partial charge in [0, 0.05) is 62.7 Å². The number of methoxy groups -OCH3 is 5. The highest BCUT2D eigenvalue weighted by molar-refractivity contribution is 9.10. The highest BCUT2D eigenvalue weighted by Gasteiger charge is 2.35. The molecule has 6 atom stereocenters. The second kappa shape index (κ2) is 43.5. The molecule has 5 heterocycles. The smallest absolute Gasteiger partial charge is 0.416 e. The van der Waals surface area contributed by atoms with Gasteiger partial charge in [-0.25, -0.2) is 13.4 Å². The maximum atomic E-state index is 12.8. The Morgan fingerprint density at radius 2 is 0.691 bits per heavy atom. The number of pyridine rings is 5. The second-order valence-electron chi connectivity index (χ2n) is 25.6. The SMILES string of the molecule is CC(C)(C)[S@@](N)=O.COc1cccnc1C=N[S@@](=O)C(C)(C)C.COc1cccnc1C=O.COc1cccnc1[C@@H](C[S@@](=O)C(C)(C)C)c1ccc(C(F)(F)F)cc1.COc1cccnc1[C@@H](N)c1ccc(C(F)(F)F)cc1.COc1cccnc1[C@@H](N)c1ccc(C(F)(F)F)cc1.FC(F)(F)c1ccc(Br)cc1. The summed E-state index contributed by atoms with van der Waals surface area (Å²) >= 11 is 3.04. The number of nitrogens with zero attached hydrogens (tertiary/aromatic N) is 6. The number of hydrogen-bond donors (Lipinski definition) is 3. The van der Waals surface area contributed by atoms with Crippen molar-refractivity contribution in [1.29, 1.82) is 0 Å². The van der Waals surface area contributed by atoms with E-state index in [1.807, 2.05) is 62.3 Å². The normalized spacial score (nSPS) is 13.3. The van der Waals surface area contributed by atoms with E-state index >= 15 is 0 Å². The number of carbonyl (C=O) groups is 1. The fourth-order valence-electron chi connectivity index (χ4n) is 8.40. The fourth-order valence-corrected chi connectivity index (χ4v) is 10.3. The van der Waals surface area contributed by atoms with Gasteiger partial charge < -0.3 is 35.2 Å². The van der Waals surface area contributed by atoms with E-state index in [4.69, 9.17) is 40.3 Å². The van der Waals surface area contributed by atoms with Gasteiger partial charge in [-0.2, -0.15) is 57.1 Å². The van der Waals surface area contributed by atoms with Gasteiger partial charge in [0.05, 0.1) is 102 Å². The van der Waals surface area contributed by atoms with Crippen LogP contribution in [-0.4, -0.2) is 106 Å². The van der Waals surface area contributed by atoms with E-state index in [0.717, 1.165) is 48.5 Å². The Balaban J connectivity index is 0.000000344. The largest absolute Gasteiger partial charge is 0.495 e. The zero-order chi connectivity index (χ0) is 83.2. The monoisotopic (exact) mass is 1670 g/mol. The van der Waals surface area contributed by atoms with E-state index in [9.17, 15) is 70.1 Å². The molecule has 4 aromatic carbocycles. The summed E-state index contributed by atoms with van der Waals surface area (Å²) in [7, 11) is 3.87. The zero-order valence-corrected chi connectivity index (χ0v) is 66.3. The van der Waals surface area contributed by atoms with Gasteiger partial charge in [0.2, 0.25) is 0 Å². The molecule has 9 rings (SSSR count). The van der Waals surface area contributed by atoms with Crippen LogP contribution in [0.2, 0.25) is 0 Å². The number of nitrogens with two attached hydrogens (primary N) is 3. The molecular weight excluding hydrogens is 1590 g/mol. The van der Waals surface area contributed by atoms with Gasteiger partial charge in [0.1, 0.15) is 62.5 Å². The number of alkyl halides is 12. The Morgan fingerprint density at radius 3 is 0.982 bits per heavy atom. The summed E-state index contributed by atoms with van der Waals surface area (Å²) in [5.74, 6) is 2.45. The lowest BCUT2D eigenvalue weighted by Gasteiger charge is -2.24. The molecule has 18 nitrogen and oxygen atoms in total. The number of hydrogen-bond acceptors (Lipinski definition) is 16. The highest BCUT2D eigenvalue weighted by atomic mass is 79.9. The van der Waals surface area contributed by atoms with Crippen molar-refractivity contribution < 1.29 is 93.8 Å². The zero-order valence-electron chi connectivity index (χ0n) is 62.2. The molecular formula is C76H86BrF12N9O9S3. The minimum Gasteiger partial charge on any atom is -0.495 e. The first-order valence-electron chi connectivity index (χ1n) is 32.4. The van der Waals surface area contributed by atoms with Crippen LogP contribution >= 0.6 is 15.9 Å². The first-order chi connectivity index (χ1) is 51.2. The maximum absolute atomic E-state index is 12.8. The predicted octanol–water partition coefficient (Wildman–Crippen LogP) is 17.9. The molecule has 0 saturated carbocycles. The number of ether oxygens (including phenoxy) is 5. The van der Waals surface area contributed by atoms with Crippen LogP contribution in [0.15, 0.2) is 198 Å². The molecule has 0 aliphatic carbocycles. The molecule has 0 amide bonds. The Labute approximate surface area is 647 Å². The lowest BCUT2D eigenvalue weighted by atomic mass is 9.95. The average molecular weight is 1670 g/mol. The highest BCUT2D eigenvalue weighted by Crippen LogP contribution is 2.38. The lowest BCUT2D eigenvalue weighted by molar-refractivity contribution is -0.138. The Bertz CT molecular complexity index is 4290. The maximum Gasteiger partial charge on any atom is 0.416 e. The number of benzene rings is 4. The molecule has 598 valence electrons. The van der Waals surface area contributed by atoms with Crippen LogP contribution in [0, 0.1) is 0 Å². The molecule has 0 unspecified atom stereocenters. The first kappa shape index (κ1) is 95.1. The molecule has 5 aromatic heterocycles. The topological polar surface area (TPSA) is 269 Å². The van der Waals surface area contributed by atoms with Crippen molar-refractivity contribution in [2.24, 2.45) is 21.0 Å². The van der Waals surface area contributed by atoms with Gasteiger partial charge in [-0.3, -0.25) is 34.1 Å². The summed E-state index contributed by atoms with van der Waals surface area (Å²) in [5.41, 5.74) is 13.4. The summed E-state index contributed by atoms with van der Waals surface area (Å²) in [6.45, 7) is 16.7. The molecule has 34 heteroatoms. The van der Waals surface area contributed by atoms with Gasteiger partial charge in [0.25, 0.3) is 0 Å². The molecule has 0 saturated heterocycles. The van der Waals surface area contributed by atoms with E-state index in [1.165, 1.54) is 83.2 Å². The van der Waals surface area contributed by atoms with Crippen LogP contribution in [0.5, 0.6) is 28.7 Å². The van der Waals surface area contributed by atoms with Crippen molar-refractivity contribution in [3.05, 3.63) is 261 Å². The standard InChI is InChI=1S/C19H22F3NO2S.2C14H13F3N2O.C11H16N2O2S.C7H4BrF3.C7H7NO2.C4H11NOS/c1-18(2,3)26(24)12-15(17-16(25-4)6-5-11-23-17)13-7-9-14(10-8-13)19(20,21)22;2*1-20-11-3-2-8-19-13(11)12(18)9-4-6-10(7-5-9)14(15,16)17;1-11(2,3)16(14)13-8-9-10(15-4)6-5-7-12-9;8-6-3-1-5(2-4-6)7(9,10)11;1-10-7-3-2-4-8-6(7)5-9;1-4(2,3)7(5)6/h5-11,15H,12H2,1-4H3;2*2-8,12H,18H2,1H3;5-8H,1-4H3;1-4H;2-5H,1H3;5H2,1-3H3/t15-,26+;2*12-;16-;;;7-/m0000..0/s1. The molecule has 0 aliphatic rings. The van der Waals surface area contributed by atoms with Crippen LogP contribution in [0.3, 0.4) is 0 Å². The second-order valence-corrected chi connectivity index (χ2v) is 32.5. The summed E-state index contributed by atoms with van der Waals surface area (Å²) < 4.78 is 213. The van der Waals surface area contributed by atoms with Crippen molar-refractivity contribution >= 4 is 61.2 Å². The predicted molar refractivity (Wildman–Crippen MR) is 407 cm³/mol. The van der Waals surface area contributed by atoms with E-state index in [0.29, 0.717) is 84.7 Å².